The molecule has 0 amide bonds. The minimum absolute atomic E-state index is 0.0524. The molecule has 1 saturated heterocycles. The van der Waals surface area contributed by atoms with Crippen molar-refractivity contribution in [3.05, 3.63) is 76.6 Å². The van der Waals surface area contributed by atoms with E-state index in [1.807, 2.05) is 12.1 Å². The van der Waals surface area contributed by atoms with E-state index in [2.05, 4.69) is 0 Å². The zero-order valence-electron chi connectivity index (χ0n) is 15.6. The van der Waals surface area contributed by atoms with Crippen molar-refractivity contribution >= 4 is 17.6 Å². The van der Waals surface area contributed by atoms with Crippen LogP contribution in [0.15, 0.2) is 54.6 Å². The maximum atomic E-state index is 13.9. The number of carbonyl (C=O) groups is 1. The number of benzene rings is 2. The third-order valence-corrected chi connectivity index (χ3v) is 5.12. The highest BCUT2D eigenvalue weighted by Crippen LogP contribution is 2.44. The monoisotopic (exact) mass is 420 g/mol. The van der Waals surface area contributed by atoms with Crippen LogP contribution in [0.2, 0.25) is 5.02 Å². The van der Waals surface area contributed by atoms with E-state index < -0.39 is 29.9 Å². The van der Waals surface area contributed by atoms with Crippen molar-refractivity contribution in [2.24, 2.45) is 5.92 Å². The van der Waals surface area contributed by atoms with Gasteiger partial charge in [-0.05, 0) is 25.0 Å². The number of phenolic OH excluding ortho intramolecular Hbond substituents is 1. The fourth-order valence-electron chi connectivity index (χ4n) is 3.29. The van der Waals surface area contributed by atoms with Crippen molar-refractivity contribution in [2.45, 2.75) is 31.7 Å². The van der Waals surface area contributed by atoms with Gasteiger partial charge in [-0.25, -0.2) is 4.39 Å². The Morgan fingerprint density at radius 3 is 2.69 bits per heavy atom. The van der Waals surface area contributed by atoms with Gasteiger partial charge in [0.1, 0.15) is 0 Å². The van der Waals surface area contributed by atoms with Crippen molar-refractivity contribution in [1.29, 1.82) is 0 Å². The lowest BCUT2D eigenvalue weighted by Gasteiger charge is -2.37. The highest BCUT2D eigenvalue weighted by molar-refractivity contribution is 6.31. The van der Waals surface area contributed by atoms with E-state index in [-0.39, 0.29) is 12.3 Å². The van der Waals surface area contributed by atoms with Crippen molar-refractivity contribution < 1.29 is 28.9 Å². The van der Waals surface area contributed by atoms with Gasteiger partial charge in [-0.2, -0.15) is 0 Å². The molecule has 3 unspecified atom stereocenters. The number of hydrogen-bond donors (Lipinski definition) is 2. The molecule has 5 nitrogen and oxygen atoms in total. The molecule has 3 rings (SSSR count). The molecule has 7 heteroatoms. The lowest BCUT2D eigenvalue weighted by Crippen LogP contribution is -2.30. The SMILES string of the molecule is O=C(O)CC/C=C\CC1COC(c2ccccc2Cl)OC1c1cccc(F)c1O. The first kappa shape index (κ1) is 21.3. The number of para-hydroxylation sites is 1. The zero-order valence-corrected chi connectivity index (χ0v) is 16.4. The molecule has 1 aliphatic heterocycles. The first-order valence-electron chi connectivity index (χ1n) is 9.33. The van der Waals surface area contributed by atoms with Crippen molar-refractivity contribution in [2.75, 3.05) is 6.61 Å². The largest absolute Gasteiger partial charge is 0.505 e. The minimum atomic E-state index is -0.857. The molecule has 1 heterocycles. The predicted octanol–water partition coefficient (Wildman–Crippen LogP) is 5.40. The first-order valence-corrected chi connectivity index (χ1v) is 9.70. The van der Waals surface area contributed by atoms with Gasteiger partial charge >= 0.3 is 5.97 Å². The van der Waals surface area contributed by atoms with Gasteiger partial charge in [0.15, 0.2) is 17.9 Å². The summed E-state index contributed by atoms with van der Waals surface area (Å²) in [5.41, 5.74) is 1.000. The van der Waals surface area contributed by atoms with Crippen LogP contribution in [-0.4, -0.2) is 22.8 Å². The highest BCUT2D eigenvalue weighted by atomic mass is 35.5. The van der Waals surface area contributed by atoms with Gasteiger partial charge in [-0.1, -0.05) is 54.1 Å². The first-order chi connectivity index (χ1) is 14.0. The van der Waals surface area contributed by atoms with Crippen LogP contribution < -0.4 is 0 Å². The average molecular weight is 421 g/mol. The quantitative estimate of drug-likeness (QED) is 0.586. The molecular weight excluding hydrogens is 399 g/mol. The summed E-state index contributed by atoms with van der Waals surface area (Å²) in [7, 11) is 0. The van der Waals surface area contributed by atoms with Crippen molar-refractivity contribution in [1.82, 2.24) is 0 Å². The summed E-state index contributed by atoms with van der Waals surface area (Å²) in [5, 5.41) is 19.5. The summed E-state index contributed by atoms with van der Waals surface area (Å²) in [6.45, 7) is 0.305. The second kappa shape index (κ2) is 9.87. The summed E-state index contributed by atoms with van der Waals surface area (Å²) in [4.78, 5) is 10.6. The Morgan fingerprint density at radius 1 is 1.17 bits per heavy atom. The van der Waals surface area contributed by atoms with Crippen molar-refractivity contribution in [3.8, 4) is 5.75 Å². The van der Waals surface area contributed by atoms with E-state index in [0.29, 0.717) is 35.6 Å². The van der Waals surface area contributed by atoms with Gasteiger partial charge in [0.25, 0.3) is 0 Å². The molecule has 0 radical (unpaired) electrons. The minimum Gasteiger partial charge on any atom is -0.505 e. The van der Waals surface area contributed by atoms with Gasteiger partial charge in [-0.15, -0.1) is 0 Å². The van der Waals surface area contributed by atoms with Crippen molar-refractivity contribution in [3.63, 3.8) is 0 Å². The van der Waals surface area contributed by atoms with E-state index in [9.17, 15) is 14.3 Å². The summed E-state index contributed by atoms with van der Waals surface area (Å²) < 4.78 is 25.9. The Balaban J connectivity index is 1.82. The molecule has 1 fully saturated rings. The van der Waals surface area contributed by atoms with Gasteiger partial charge in [-0.3, -0.25) is 4.79 Å². The Hall–Kier alpha value is -2.41. The Morgan fingerprint density at radius 2 is 1.93 bits per heavy atom. The predicted molar refractivity (Wildman–Crippen MR) is 106 cm³/mol. The van der Waals surface area contributed by atoms with Gasteiger partial charge in [0.05, 0.1) is 12.7 Å². The molecule has 2 N–H and O–H groups in total. The smallest absolute Gasteiger partial charge is 0.303 e. The van der Waals surface area contributed by atoms with Crippen LogP contribution in [0.3, 0.4) is 0 Å². The summed E-state index contributed by atoms with van der Waals surface area (Å²) in [6, 6.07) is 11.5. The van der Waals surface area contributed by atoms with E-state index in [1.165, 1.54) is 12.1 Å². The Kier molecular flexibility index (Phi) is 7.25. The maximum absolute atomic E-state index is 13.9. The van der Waals surface area contributed by atoms with Crippen LogP contribution in [0.25, 0.3) is 0 Å². The van der Waals surface area contributed by atoms with Crippen LogP contribution in [-0.2, 0) is 14.3 Å². The highest BCUT2D eigenvalue weighted by Gasteiger charge is 2.35. The van der Waals surface area contributed by atoms with Gasteiger partial charge < -0.3 is 19.7 Å². The molecule has 2 aromatic carbocycles. The van der Waals surface area contributed by atoms with Crippen LogP contribution >= 0.6 is 11.6 Å². The van der Waals surface area contributed by atoms with Crippen LogP contribution in [0, 0.1) is 11.7 Å². The molecule has 0 aliphatic carbocycles. The Bertz CT molecular complexity index is 885. The summed E-state index contributed by atoms with van der Waals surface area (Å²) in [6.07, 6.45) is 3.28. The topological polar surface area (TPSA) is 76.0 Å². The molecular formula is C22H22ClFO5. The number of aromatic hydroxyl groups is 1. The van der Waals surface area contributed by atoms with E-state index in [4.69, 9.17) is 26.2 Å². The van der Waals surface area contributed by atoms with Crippen LogP contribution in [0.1, 0.15) is 42.8 Å². The number of carboxylic acid groups (broad SMARTS) is 1. The number of aliphatic carboxylic acids is 1. The third kappa shape index (κ3) is 5.35. The number of allylic oxidation sites excluding steroid dienone is 2. The second-order valence-electron chi connectivity index (χ2n) is 6.82. The normalized spacial score (nSPS) is 22.1. The van der Waals surface area contributed by atoms with Crippen LogP contribution in [0.5, 0.6) is 5.75 Å². The second-order valence-corrected chi connectivity index (χ2v) is 7.23. The fourth-order valence-corrected chi connectivity index (χ4v) is 3.51. The maximum Gasteiger partial charge on any atom is 0.303 e. The number of hydrogen-bond acceptors (Lipinski definition) is 4. The average Bonchev–Trinajstić information content (AvgIpc) is 2.70. The number of rotatable bonds is 7. The molecule has 29 heavy (non-hydrogen) atoms. The number of phenols is 1. The lowest BCUT2D eigenvalue weighted by atomic mass is 9.91. The number of halogens is 2. The molecule has 0 saturated carbocycles. The number of ether oxygens (including phenoxy) is 2. The summed E-state index contributed by atoms with van der Waals surface area (Å²) in [5.74, 6) is -2.22. The van der Waals surface area contributed by atoms with Gasteiger partial charge in [0, 0.05) is 28.5 Å². The standard InChI is InChI=1S/C22H22ClFO5/c23-17-10-5-4-8-15(17)22-28-13-14(7-2-1-3-12-19(25)26)21(29-22)16-9-6-11-18(24)20(16)27/h1-2,4-6,8-11,14,21-22,27H,3,7,12-13H2,(H,25,26)/b2-1-. The zero-order chi connectivity index (χ0) is 20.8. The fraction of sp³-hybridized carbons (Fsp3) is 0.318. The molecule has 0 spiro atoms. The number of carboxylic acids is 1. The van der Waals surface area contributed by atoms with E-state index in [1.54, 1.807) is 30.3 Å². The van der Waals surface area contributed by atoms with E-state index in [0.717, 1.165) is 0 Å². The summed E-state index contributed by atoms with van der Waals surface area (Å²) >= 11 is 6.26. The lowest BCUT2D eigenvalue weighted by molar-refractivity contribution is -0.244. The molecule has 3 atom stereocenters. The molecule has 0 bridgehead atoms. The Labute approximate surface area is 173 Å². The van der Waals surface area contributed by atoms with Gasteiger partial charge in [0.2, 0.25) is 0 Å². The molecule has 0 aromatic heterocycles. The molecule has 154 valence electrons. The third-order valence-electron chi connectivity index (χ3n) is 4.77. The van der Waals surface area contributed by atoms with E-state index >= 15 is 0 Å². The molecule has 1 aliphatic rings. The molecule has 2 aromatic rings. The van der Waals surface area contributed by atoms with Crippen LogP contribution in [0.4, 0.5) is 4.39 Å².